The van der Waals surface area contributed by atoms with Crippen molar-refractivity contribution in [1.82, 2.24) is 10.6 Å². The summed E-state index contributed by atoms with van der Waals surface area (Å²) in [6, 6.07) is 0.979. The Hall–Kier alpha value is -0.610. The van der Waals surface area contributed by atoms with Gasteiger partial charge in [0.1, 0.15) is 0 Å². The first-order chi connectivity index (χ1) is 8.72. The van der Waals surface area contributed by atoms with E-state index < -0.39 is 0 Å². The highest BCUT2D eigenvalue weighted by molar-refractivity contribution is 5.80. The third kappa shape index (κ3) is 2.16. The maximum Gasteiger partial charge on any atom is 0.224 e. The van der Waals surface area contributed by atoms with Crippen LogP contribution in [0.5, 0.6) is 0 Å². The zero-order valence-corrected chi connectivity index (χ0v) is 11.0. The molecule has 2 saturated heterocycles. The van der Waals surface area contributed by atoms with Gasteiger partial charge in [-0.1, -0.05) is 12.8 Å². The second-order valence-electron chi connectivity index (χ2n) is 6.47. The Morgan fingerprint density at radius 1 is 1.33 bits per heavy atom. The van der Waals surface area contributed by atoms with Crippen molar-refractivity contribution in [2.75, 3.05) is 13.2 Å². The highest BCUT2D eigenvalue weighted by Gasteiger charge is 2.43. The van der Waals surface area contributed by atoms with Crippen LogP contribution in [0.4, 0.5) is 0 Å². The van der Waals surface area contributed by atoms with E-state index in [-0.39, 0.29) is 23.8 Å². The number of hydrogen-bond donors (Lipinski definition) is 3. The predicted octanol–water partition coefficient (Wildman–Crippen LogP) is 0.796. The average Bonchev–Trinajstić information content (AvgIpc) is 3.12. The van der Waals surface area contributed by atoms with Crippen molar-refractivity contribution in [2.24, 2.45) is 11.3 Å². The minimum absolute atomic E-state index is 0.0271. The third-order valence-electron chi connectivity index (χ3n) is 5.27. The molecule has 3 fully saturated rings. The van der Waals surface area contributed by atoms with Gasteiger partial charge in [-0.05, 0) is 32.1 Å². The van der Waals surface area contributed by atoms with Gasteiger partial charge in [-0.2, -0.15) is 0 Å². The maximum atomic E-state index is 12.2. The van der Waals surface area contributed by atoms with Crippen molar-refractivity contribution >= 4 is 5.91 Å². The summed E-state index contributed by atoms with van der Waals surface area (Å²) in [6.45, 7) is 0.873. The van der Waals surface area contributed by atoms with E-state index in [2.05, 4.69) is 10.6 Å². The molecule has 2 heterocycles. The Kier molecular flexibility index (Phi) is 3.32. The normalized spacial score (nSPS) is 37.1. The van der Waals surface area contributed by atoms with Crippen molar-refractivity contribution < 1.29 is 9.90 Å². The van der Waals surface area contributed by atoms with Gasteiger partial charge in [0.2, 0.25) is 5.91 Å². The lowest BCUT2D eigenvalue weighted by Crippen LogP contribution is -2.43. The van der Waals surface area contributed by atoms with Gasteiger partial charge in [0.15, 0.2) is 0 Å². The van der Waals surface area contributed by atoms with Crippen molar-refractivity contribution in [3.63, 3.8) is 0 Å². The van der Waals surface area contributed by atoms with Gasteiger partial charge in [-0.15, -0.1) is 0 Å². The first-order valence-electron chi connectivity index (χ1n) is 7.37. The molecule has 3 atom stereocenters. The van der Waals surface area contributed by atoms with Crippen LogP contribution in [-0.4, -0.2) is 36.2 Å². The van der Waals surface area contributed by atoms with Crippen LogP contribution in [0.15, 0.2) is 0 Å². The molecule has 3 N–H and O–H groups in total. The van der Waals surface area contributed by atoms with Crippen LogP contribution in [0.1, 0.15) is 44.9 Å². The Morgan fingerprint density at radius 3 is 2.67 bits per heavy atom. The lowest BCUT2D eigenvalue weighted by atomic mass is 9.85. The summed E-state index contributed by atoms with van der Waals surface area (Å²) in [5.74, 6) is 0.371. The second-order valence-corrected chi connectivity index (χ2v) is 6.47. The van der Waals surface area contributed by atoms with E-state index in [1.54, 1.807) is 0 Å². The first-order valence-corrected chi connectivity index (χ1v) is 7.37. The van der Waals surface area contributed by atoms with E-state index in [9.17, 15) is 9.90 Å². The smallest absolute Gasteiger partial charge is 0.224 e. The molecule has 0 aromatic carbocycles. The maximum absolute atomic E-state index is 12.2. The van der Waals surface area contributed by atoms with Crippen LogP contribution < -0.4 is 10.6 Å². The first kappa shape index (κ1) is 12.4. The molecular formula is C14H24N2O2. The summed E-state index contributed by atoms with van der Waals surface area (Å²) < 4.78 is 0. The molecule has 0 aromatic rings. The minimum atomic E-state index is -0.0271. The molecule has 2 bridgehead atoms. The molecule has 1 aliphatic carbocycles. The fourth-order valence-corrected chi connectivity index (χ4v) is 4.04. The molecular weight excluding hydrogens is 228 g/mol. The summed E-state index contributed by atoms with van der Waals surface area (Å²) in [5.41, 5.74) is -0.0271. The number of carbonyl (C=O) groups excluding carboxylic acids is 1. The van der Waals surface area contributed by atoms with Gasteiger partial charge >= 0.3 is 0 Å². The summed E-state index contributed by atoms with van der Waals surface area (Å²) in [5, 5.41) is 16.1. The van der Waals surface area contributed by atoms with E-state index in [1.807, 2.05) is 0 Å². The topological polar surface area (TPSA) is 61.4 Å². The Bertz CT molecular complexity index is 326. The molecule has 4 nitrogen and oxygen atoms in total. The van der Waals surface area contributed by atoms with Gasteiger partial charge in [-0.25, -0.2) is 0 Å². The molecule has 4 heteroatoms. The lowest BCUT2D eigenvalue weighted by molar-refractivity contribution is -0.126. The summed E-state index contributed by atoms with van der Waals surface area (Å²) in [4.78, 5) is 12.2. The number of aliphatic hydroxyl groups is 1. The number of fused-ring (bicyclic) bond motifs is 2. The van der Waals surface area contributed by atoms with Gasteiger partial charge in [-0.3, -0.25) is 4.79 Å². The fraction of sp³-hybridized carbons (Fsp3) is 0.929. The summed E-state index contributed by atoms with van der Waals surface area (Å²) in [6.07, 6.45) is 7.86. The molecule has 3 rings (SSSR count). The molecule has 1 amide bonds. The molecule has 0 spiro atoms. The Labute approximate surface area is 109 Å². The van der Waals surface area contributed by atoms with E-state index in [1.165, 1.54) is 19.3 Å². The molecule has 0 aromatic heterocycles. The molecule has 2 aliphatic heterocycles. The lowest BCUT2D eigenvalue weighted by Gasteiger charge is -2.28. The van der Waals surface area contributed by atoms with Crippen LogP contribution in [0, 0.1) is 11.3 Å². The molecule has 102 valence electrons. The highest BCUT2D eigenvalue weighted by Crippen LogP contribution is 2.37. The molecule has 0 radical (unpaired) electrons. The number of carbonyl (C=O) groups is 1. The van der Waals surface area contributed by atoms with Crippen LogP contribution in [0.25, 0.3) is 0 Å². The minimum Gasteiger partial charge on any atom is -0.396 e. The zero-order valence-electron chi connectivity index (χ0n) is 11.0. The second kappa shape index (κ2) is 4.82. The average molecular weight is 252 g/mol. The third-order valence-corrected chi connectivity index (χ3v) is 5.27. The van der Waals surface area contributed by atoms with Crippen LogP contribution >= 0.6 is 0 Å². The van der Waals surface area contributed by atoms with Crippen molar-refractivity contribution in [3.05, 3.63) is 0 Å². The number of aliphatic hydroxyl groups excluding tert-OH is 1. The highest BCUT2D eigenvalue weighted by atomic mass is 16.3. The fourth-order valence-electron chi connectivity index (χ4n) is 4.04. The van der Waals surface area contributed by atoms with E-state index in [0.29, 0.717) is 18.6 Å². The molecule has 3 unspecified atom stereocenters. The summed E-state index contributed by atoms with van der Waals surface area (Å²) >= 11 is 0. The monoisotopic (exact) mass is 252 g/mol. The standard InChI is InChI=1S/C14H24N2O2/c17-9-14(5-1-2-6-14)8-15-13(18)11-7-10-3-4-12(11)16-10/h10-12,16-17H,1-9H2,(H,15,18). The number of amides is 1. The van der Waals surface area contributed by atoms with Gasteiger partial charge in [0.25, 0.3) is 0 Å². The van der Waals surface area contributed by atoms with Crippen molar-refractivity contribution in [2.45, 2.75) is 57.0 Å². The number of nitrogens with one attached hydrogen (secondary N) is 2. The van der Waals surface area contributed by atoms with E-state index in [4.69, 9.17) is 0 Å². The van der Waals surface area contributed by atoms with Gasteiger partial charge < -0.3 is 15.7 Å². The largest absolute Gasteiger partial charge is 0.396 e. The van der Waals surface area contributed by atoms with Crippen molar-refractivity contribution in [1.29, 1.82) is 0 Å². The van der Waals surface area contributed by atoms with Gasteiger partial charge in [0, 0.05) is 24.0 Å². The molecule has 3 aliphatic rings. The van der Waals surface area contributed by atoms with E-state index >= 15 is 0 Å². The number of hydrogen-bond acceptors (Lipinski definition) is 3. The van der Waals surface area contributed by atoms with Crippen LogP contribution in [0.2, 0.25) is 0 Å². The summed E-state index contributed by atoms with van der Waals surface area (Å²) in [7, 11) is 0. The number of rotatable bonds is 4. The zero-order chi connectivity index (χ0) is 12.6. The van der Waals surface area contributed by atoms with Crippen LogP contribution in [-0.2, 0) is 4.79 Å². The van der Waals surface area contributed by atoms with E-state index in [0.717, 1.165) is 25.7 Å². The predicted molar refractivity (Wildman–Crippen MR) is 69.0 cm³/mol. The van der Waals surface area contributed by atoms with Gasteiger partial charge in [0.05, 0.1) is 12.5 Å². The van der Waals surface area contributed by atoms with Crippen LogP contribution in [0.3, 0.4) is 0 Å². The quantitative estimate of drug-likeness (QED) is 0.693. The van der Waals surface area contributed by atoms with Crippen molar-refractivity contribution in [3.8, 4) is 0 Å². The Morgan fingerprint density at radius 2 is 2.11 bits per heavy atom. The molecule has 1 saturated carbocycles. The molecule has 18 heavy (non-hydrogen) atoms. The Balaban J connectivity index is 1.52. The SMILES string of the molecule is O=C(NCC1(CO)CCCC1)C1CC2CCC1N2.